The van der Waals surface area contributed by atoms with Crippen LogP contribution in [-0.2, 0) is 6.54 Å². The second-order valence-corrected chi connectivity index (χ2v) is 4.91. The molecule has 0 bridgehead atoms. The summed E-state index contributed by atoms with van der Waals surface area (Å²) in [4.78, 5) is 0. The first kappa shape index (κ1) is 13.8. The van der Waals surface area contributed by atoms with Crippen molar-refractivity contribution in [2.75, 3.05) is 6.54 Å². The molecule has 6 heteroatoms. The van der Waals surface area contributed by atoms with Crippen LogP contribution in [0.25, 0.3) is 0 Å². The zero-order valence-electron chi connectivity index (χ0n) is 10.5. The lowest BCUT2D eigenvalue weighted by atomic mass is 9.82. The minimum Gasteiger partial charge on any atom is -0.409 e. The molecule has 2 rings (SSSR count). The van der Waals surface area contributed by atoms with Gasteiger partial charge in [0.1, 0.15) is 5.82 Å². The quantitative estimate of drug-likeness (QED) is 0.275. The van der Waals surface area contributed by atoms with E-state index in [2.05, 4.69) is 10.5 Å². The molecular formula is C13H18FN3O2. The molecule has 0 spiro atoms. The zero-order valence-corrected chi connectivity index (χ0v) is 10.5. The smallest absolute Gasteiger partial charge is 0.170 e. The Bertz CT molecular complexity index is 473. The van der Waals surface area contributed by atoms with Gasteiger partial charge in [0.25, 0.3) is 0 Å². The van der Waals surface area contributed by atoms with Gasteiger partial charge in [-0.2, -0.15) is 0 Å². The summed E-state index contributed by atoms with van der Waals surface area (Å²) in [7, 11) is 0. The van der Waals surface area contributed by atoms with Crippen LogP contribution in [0.1, 0.15) is 24.0 Å². The number of aliphatic hydroxyl groups is 1. The van der Waals surface area contributed by atoms with Crippen LogP contribution >= 0.6 is 0 Å². The molecule has 0 aliphatic heterocycles. The van der Waals surface area contributed by atoms with Gasteiger partial charge >= 0.3 is 0 Å². The summed E-state index contributed by atoms with van der Waals surface area (Å²) < 4.78 is 13.2. The Kier molecular flexibility index (Phi) is 4.34. The maximum Gasteiger partial charge on any atom is 0.170 e. The number of nitrogens with two attached hydrogens (primary N) is 1. The third kappa shape index (κ3) is 3.42. The molecule has 0 amide bonds. The highest BCUT2D eigenvalue weighted by molar-refractivity contribution is 5.98. The van der Waals surface area contributed by atoms with Crippen LogP contribution < -0.4 is 11.1 Å². The average molecular weight is 267 g/mol. The van der Waals surface area contributed by atoms with Gasteiger partial charge in [-0.05, 0) is 43.0 Å². The molecule has 1 saturated carbocycles. The lowest BCUT2D eigenvalue weighted by Gasteiger charge is -2.31. The van der Waals surface area contributed by atoms with E-state index in [0.29, 0.717) is 18.0 Å². The molecule has 1 aromatic carbocycles. The molecule has 5 nitrogen and oxygen atoms in total. The SMILES string of the molecule is NC(=NO)c1cc(F)ccc1CNCC1CC(O)C1. The van der Waals surface area contributed by atoms with Crippen molar-refractivity contribution in [2.24, 2.45) is 16.8 Å². The summed E-state index contributed by atoms with van der Waals surface area (Å²) >= 11 is 0. The van der Waals surface area contributed by atoms with Crippen molar-refractivity contribution in [3.63, 3.8) is 0 Å². The summed E-state index contributed by atoms with van der Waals surface area (Å²) in [6, 6.07) is 4.21. The first-order chi connectivity index (χ1) is 9.10. The van der Waals surface area contributed by atoms with E-state index in [4.69, 9.17) is 10.9 Å². The van der Waals surface area contributed by atoms with Gasteiger partial charge in [0.2, 0.25) is 0 Å². The van der Waals surface area contributed by atoms with Crippen LogP contribution in [0.4, 0.5) is 4.39 Å². The van der Waals surface area contributed by atoms with Gasteiger partial charge in [-0.25, -0.2) is 4.39 Å². The van der Waals surface area contributed by atoms with E-state index in [1.165, 1.54) is 12.1 Å². The number of nitrogens with one attached hydrogen (secondary N) is 1. The molecule has 5 N–H and O–H groups in total. The third-order valence-electron chi connectivity index (χ3n) is 3.41. The largest absolute Gasteiger partial charge is 0.409 e. The number of benzene rings is 1. The fourth-order valence-corrected chi connectivity index (χ4v) is 2.27. The number of hydrogen-bond acceptors (Lipinski definition) is 4. The van der Waals surface area contributed by atoms with Crippen molar-refractivity contribution in [1.29, 1.82) is 0 Å². The standard InChI is InChI=1S/C13H18FN3O2/c14-10-2-1-9(12(5-10)13(15)17-19)7-16-6-8-3-11(18)4-8/h1-2,5,8,11,16,18-19H,3-4,6-7H2,(H2,15,17). The molecule has 0 heterocycles. The van der Waals surface area contributed by atoms with Crippen LogP contribution in [0.5, 0.6) is 0 Å². The topological polar surface area (TPSA) is 90.9 Å². The highest BCUT2D eigenvalue weighted by Gasteiger charge is 2.26. The van der Waals surface area contributed by atoms with Crippen molar-refractivity contribution in [3.05, 3.63) is 35.1 Å². The minimum atomic E-state index is -0.424. The molecule has 0 saturated heterocycles. The molecule has 0 atom stereocenters. The highest BCUT2D eigenvalue weighted by atomic mass is 19.1. The fraction of sp³-hybridized carbons (Fsp3) is 0.462. The molecule has 1 fully saturated rings. The average Bonchev–Trinajstić information content (AvgIpc) is 2.37. The zero-order chi connectivity index (χ0) is 13.8. The van der Waals surface area contributed by atoms with E-state index in [1.807, 2.05) is 0 Å². The van der Waals surface area contributed by atoms with Gasteiger partial charge in [0.05, 0.1) is 6.10 Å². The summed E-state index contributed by atoms with van der Waals surface area (Å²) in [6.07, 6.45) is 1.48. The van der Waals surface area contributed by atoms with E-state index in [1.54, 1.807) is 6.07 Å². The first-order valence-electron chi connectivity index (χ1n) is 6.25. The number of amidine groups is 1. The van der Waals surface area contributed by atoms with Crippen LogP contribution in [0.3, 0.4) is 0 Å². The fourth-order valence-electron chi connectivity index (χ4n) is 2.27. The molecule has 0 radical (unpaired) electrons. The molecule has 1 aliphatic carbocycles. The Hall–Kier alpha value is -1.66. The highest BCUT2D eigenvalue weighted by Crippen LogP contribution is 2.26. The molecule has 19 heavy (non-hydrogen) atoms. The number of nitrogens with zero attached hydrogens (tertiary/aromatic N) is 1. The summed E-state index contributed by atoms with van der Waals surface area (Å²) in [5.41, 5.74) is 6.69. The third-order valence-corrected chi connectivity index (χ3v) is 3.41. The van der Waals surface area contributed by atoms with Crippen LogP contribution in [0.15, 0.2) is 23.4 Å². The van der Waals surface area contributed by atoms with E-state index in [-0.39, 0.29) is 11.9 Å². The van der Waals surface area contributed by atoms with E-state index in [9.17, 15) is 9.50 Å². The molecule has 0 unspecified atom stereocenters. The van der Waals surface area contributed by atoms with Gasteiger partial charge in [-0.15, -0.1) is 0 Å². The lowest BCUT2D eigenvalue weighted by molar-refractivity contribution is 0.0430. The predicted octanol–water partition coefficient (Wildman–Crippen LogP) is 0.781. The minimum absolute atomic E-state index is 0.102. The maximum absolute atomic E-state index is 13.2. The molecule has 0 aromatic heterocycles. The van der Waals surface area contributed by atoms with Crippen LogP contribution in [-0.4, -0.2) is 28.8 Å². The van der Waals surface area contributed by atoms with Gasteiger partial charge in [0, 0.05) is 12.1 Å². The van der Waals surface area contributed by atoms with Crippen molar-refractivity contribution >= 4 is 5.84 Å². The Balaban J connectivity index is 1.95. The Labute approximate surface area is 110 Å². The van der Waals surface area contributed by atoms with E-state index < -0.39 is 5.82 Å². The maximum atomic E-state index is 13.2. The Morgan fingerprint density at radius 1 is 1.47 bits per heavy atom. The van der Waals surface area contributed by atoms with Gasteiger partial charge in [0.15, 0.2) is 5.84 Å². The number of halogens is 1. The number of rotatable bonds is 5. The van der Waals surface area contributed by atoms with Crippen molar-refractivity contribution in [3.8, 4) is 0 Å². The predicted molar refractivity (Wildman–Crippen MR) is 69.3 cm³/mol. The van der Waals surface area contributed by atoms with Gasteiger partial charge < -0.3 is 21.4 Å². The second kappa shape index (κ2) is 5.99. The summed E-state index contributed by atoms with van der Waals surface area (Å²) in [6.45, 7) is 1.31. The normalized spacial score (nSPS) is 23.2. The Morgan fingerprint density at radius 2 is 2.21 bits per heavy atom. The molecular weight excluding hydrogens is 249 g/mol. The van der Waals surface area contributed by atoms with E-state index >= 15 is 0 Å². The van der Waals surface area contributed by atoms with Crippen molar-refractivity contribution in [1.82, 2.24) is 5.32 Å². The van der Waals surface area contributed by atoms with Gasteiger partial charge in [-0.3, -0.25) is 0 Å². The van der Waals surface area contributed by atoms with Gasteiger partial charge in [-0.1, -0.05) is 11.2 Å². The van der Waals surface area contributed by atoms with Crippen LogP contribution in [0.2, 0.25) is 0 Å². The number of aliphatic hydroxyl groups excluding tert-OH is 1. The molecule has 1 aromatic rings. The first-order valence-corrected chi connectivity index (χ1v) is 6.25. The second-order valence-electron chi connectivity index (χ2n) is 4.91. The van der Waals surface area contributed by atoms with Crippen molar-refractivity contribution < 1.29 is 14.7 Å². The number of oxime groups is 1. The van der Waals surface area contributed by atoms with Crippen LogP contribution in [0, 0.1) is 11.7 Å². The summed E-state index contributed by atoms with van der Waals surface area (Å²) in [5.74, 6) is -0.0365. The summed E-state index contributed by atoms with van der Waals surface area (Å²) in [5, 5.41) is 24.0. The Morgan fingerprint density at radius 3 is 2.84 bits per heavy atom. The number of hydrogen-bond donors (Lipinski definition) is 4. The monoisotopic (exact) mass is 267 g/mol. The lowest BCUT2D eigenvalue weighted by Crippen LogP contribution is -2.36. The molecule has 1 aliphatic rings. The van der Waals surface area contributed by atoms with E-state index in [0.717, 1.165) is 24.9 Å². The molecule has 104 valence electrons. The van der Waals surface area contributed by atoms with Crippen molar-refractivity contribution in [2.45, 2.75) is 25.5 Å².